The monoisotopic (exact) mass is 372 g/mol. The van der Waals surface area contributed by atoms with Gasteiger partial charge in [-0.05, 0) is 13.8 Å². The van der Waals surface area contributed by atoms with Crippen LogP contribution >= 0.6 is 0 Å². The van der Waals surface area contributed by atoms with E-state index in [2.05, 4.69) is 4.74 Å². The molecule has 0 aromatic heterocycles. The summed E-state index contributed by atoms with van der Waals surface area (Å²) in [5.74, 6) is -22.3. The third-order valence-corrected chi connectivity index (χ3v) is 3.07. The Labute approximate surface area is 135 Å². The van der Waals surface area contributed by atoms with E-state index >= 15 is 0 Å². The number of hydrogen-bond donors (Lipinski definition) is 1. The first kappa shape index (κ1) is 18.8. The minimum Gasteiger partial charge on any atom is -0.503 e. The lowest BCUT2D eigenvalue weighted by molar-refractivity contribution is 0.212. The summed E-state index contributed by atoms with van der Waals surface area (Å²) in [6, 6.07) is 0. The second-order valence-electron chi connectivity index (χ2n) is 5.11. The Balaban J connectivity index is 2.92. The van der Waals surface area contributed by atoms with Crippen molar-refractivity contribution in [3.8, 4) is 22.6 Å². The Morgan fingerprint density at radius 2 is 0.920 bits per heavy atom. The van der Waals surface area contributed by atoms with Gasteiger partial charge in [0.2, 0.25) is 23.3 Å². The van der Waals surface area contributed by atoms with Crippen LogP contribution in [0.4, 0.5) is 35.1 Å². The Bertz CT molecular complexity index is 806. The number of benzene rings is 2. The molecule has 1 N–H and O–H groups in total. The highest BCUT2D eigenvalue weighted by Gasteiger charge is 2.34. The summed E-state index contributed by atoms with van der Waals surface area (Å²) in [7, 11) is 0. The van der Waals surface area contributed by atoms with Crippen molar-refractivity contribution in [3.05, 3.63) is 46.5 Å². The molecule has 10 heteroatoms. The van der Waals surface area contributed by atoms with Gasteiger partial charge in [0.15, 0.2) is 34.8 Å². The molecular formula is C15H8F8O2. The van der Waals surface area contributed by atoms with Gasteiger partial charge in [-0.15, -0.1) is 0 Å². The molecule has 0 heterocycles. The van der Waals surface area contributed by atoms with E-state index in [-0.39, 0.29) is 0 Å². The zero-order valence-corrected chi connectivity index (χ0v) is 12.5. The molecule has 0 saturated carbocycles. The maximum atomic E-state index is 14.1. The molecule has 2 rings (SSSR count). The molecule has 136 valence electrons. The van der Waals surface area contributed by atoms with Gasteiger partial charge in [0.1, 0.15) is 0 Å². The molecule has 0 aliphatic rings. The highest BCUT2D eigenvalue weighted by molar-refractivity contribution is 5.69. The van der Waals surface area contributed by atoms with Gasteiger partial charge in [-0.2, -0.15) is 17.6 Å². The smallest absolute Gasteiger partial charge is 0.204 e. The Hall–Kier alpha value is -2.52. The van der Waals surface area contributed by atoms with E-state index < -0.39 is 75.3 Å². The van der Waals surface area contributed by atoms with Crippen molar-refractivity contribution in [1.29, 1.82) is 0 Å². The lowest BCUT2D eigenvalue weighted by atomic mass is 10.0. The third-order valence-electron chi connectivity index (χ3n) is 3.07. The first-order chi connectivity index (χ1) is 11.5. The Morgan fingerprint density at radius 1 is 0.600 bits per heavy atom. The maximum absolute atomic E-state index is 14.1. The van der Waals surface area contributed by atoms with Crippen molar-refractivity contribution < 1.29 is 45.0 Å². The van der Waals surface area contributed by atoms with Crippen molar-refractivity contribution in [2.24, 2.45) is 0 Å². The molecule has 0 atom stereocenters. The van der Waals surface area contributed by atoms with Gasteiger partial charge < -0.3 is 9.84 Å². The lowest BCUT2D eigenvalue weighted by Crippen LogP contribution is -2.13. The fourth-order valence-corrected chi connectivity index (χ4v) is 2.01. The van der Waals surface area contributed by atoms with E-state index in [1.807, 2.05) is 0 Å². The molecule has 0 spiro atoms. The second kappa shape index (κ2) is 6.41. The summed E-state index contributed by atoms with van der Waals surface area (Å²) < 4.78 is 115. The van der Waals surface area contributed by atoms with Crippen molar-refractivity contribution in [3.63, 3.8) is 0 Å². The average molecular weight is 372 g/mol. The van der Waals surface area contributed by atoms with Crippen molar-refractivity contribution in [1.82, 2.24) is 0 Å². The van der Waals surface area contributed by atoms with Gasteiger partial charge >= 0.3 is 0 Å². The quantitative estimate of drug-likeness (QED) is 0.610. The summed E-state index contributed by atoms with van der Waals surface area (Å²) in [4.78, 5) is 0. The molecule has 2 aromatic carbocycles. The minimum absolute atomic E-state index is 0.925. The van der Waals surface area contributed by atoms with Crippen LogP contribution in [0.25, 0.3) is 11.1 Å². The van der Waals surface area contributed by atoms with E-state index in [4.69, 9.17) is 5.11 Å². The molecule has 25 heavy (non-hydrogen) atoms. The Kier molecular flexibility index (Phi) is 4.83. The maximum Gasteiger partial charge on any atom is 0.204 e. The number of phenolic OH excluding ortho intramolecular Hbond substituents is 1. The standard InChI is InChI=1S/C15H8F8O2/c1-3(2)25-15-12(22)8(18)5(9(19)13(15)23)4-6(16)10(20)14(24)11(21)7(4)17/h3,24H,1-2H3. The molecule has 0 aliphatic heterocycles. The van der Waals surface area contributed by atoms with Crippen molar-refractivity contribution >= 4 is 0 Å². The molecule has 0 bridgehead atoms. The van der Waals surface area contributed by atoms with Crippen molar-refractivity contribution in [2.75, 3.05) is 0 Å². The van der Waals surface area contributed by atoms with Crippen LogP contribution in [0.15, 0.2) is 0 Å². The molecule has 2 aromatic rings. The van der Waals surface area contributed by atoms with Crippen LogP contribution in [-0.2, 0) is 0 Å². The van der Waals surface area contributed by atoms with Crippen LogP contribution in [0.2, 0.25) is 0 Å². The van der Waals surface area contributed by atoms with Crippen LogP contribution in [0.1, 0.15) is 13.8 Å². The van der Waals surface area contributed by atoms with Crippen LogP contribution in [-0.4, -0.2) is 11.2 Å². The lowest BCUT2D eigenvalue weighted by Gasteiger charge is -2.16. The molecule has 0 radical (unpaired) electrons. The van der Waals surface area contributed by atoms with Crippen LogP contribution in [0.3, 0.4) is 0 Å². The molecular weight excluding hydrogens is 364 g/mol. The SMILES string of the molecule is CC(C)Oc1c(F)c(F)c(-c2c(F)c(F)c(O)c(F)c2F)c(F)c1F. The van der Waals surface area contributed by atoms with Crippen molar-refractivity contribution in [2.45, 2.75) is 20.0 Å². The number of aromatic hydroxyl groups is 1. The number of rotatable bonds is 3. The fourth-order valence-electron chi connectivity index (χ4n) is 2.01. The number of phenols is 1. The van der Waals surface area contributed by atoms with Crippen LogP contribution in [0, 0.1) is 46.5 Å². The third kappa shape index (κ3) is 2.85. The summed E-state index contributed by atoms with van der Waals surface area (Å²) in [6.45, 7) is 2.54. The number of ether oxygens (including phenoxy) is 1. The summed E-state index contributed by atoms with van der Waals surface area (Å²) in [5.41, 5.74) is -4.09. The predicted octanol–water partition coefficient (Wildman–Crippen LogP) is 4.96. The van der Waals surface area contributed by atoms with Crippen LogP contribution in [0.5, 0.6) is 11.5 Å². The Morgan fingerprint density at radius 3 is 1.24 bits per heavy atom. The predicted molar refractivity (Wildman–Crippen MR) is 69.0 cm³/mol. The number of halogens is 8. The minimum atomic E-state index is -2.44. The molecule has 0 aliphatic carbocycles. The summed E-state index contributed by atoms with van der Waals surface area (Å²) in [6.07, 6.45) is -0.925. The second-order valence-corrected chi connectivity index (χ2v) is 5.11. The number of hydrogen-bond acceptors (Lipinski definition) is 2. The molecule has 2 nitrogen and oxygen atoms in total. The first-order valence-corrected chi connectivity index (χ1v) is 6.58. The van der Waals surface area contributed by atoms with E-state index in [0.717, 1.165) is 0 Å². The van der Waals surface area contributed by atoms with Gasteiger partial charge in [-0.25, -0.2) is 17.6 Å². The molecule has 0 fully saturated rings. The van der Waals surface area contributed by atoms with Crippen LogP contribution < -0.4 is 4.74 Å². The van der Waals surface area contributed by atoms with E-state index in [0.29, 0.717) is 0 Å². The van der Waals surface area contributed by atoms with Gasteiger partial charge in [0.25, 0.3) is 0 Å². The molecule has 0 amide bonds. The molecule has 0 saturated heterocycles. The average Bonchev–Trinajstić information content (AvgIpc) is 2.56. The van der Waals surface area contributed by atoms with Gasteiger partial charge in [0.05, 0.1) is 17.2 Å². The topological polar surface area (TPSA) is 29.5 Å². The van der Waals surface area contributed by atoms with Gasteiger partial charge in [-0.1, -0.05) is 0 Å². The first-order valence-electron chi connectivity index (χ1n) is 6.58. The van der Waals surface area contributed by atoms with E-state index in [1.165, 1.54) is 13.8 Å². The molecule has 0 unspecified atom stereocenters. The van der Waals surface area contributed by atoms with E-state index in [9.17, 15) is 35.1 Å². The fraction of sp³-hybridized carbons (Fsp3) is 0.200. The van der Waals surface area contributed by atoms with Gasteiger partial charge in [-0.3, -0.25) is 0 Å². The summed E-state index contributed by atoms with van der Waals surface area (Å²) >= 11 is 0. The zero-order valence-electron chi connectivity index (χ0n) is 12.5. The highest BCUT2D eigenvalue weighted by Crippen LogP contribution is 2.41. The summed E-state index contributed by atoms with van der Waals surface area (Å²) in [5, 5.41) is 8.84. The largest absolute Gasteiger partial charge is 0.503 e. The normalized spacial score (nSPS) is 11.3. The van der Waals surface area contributed by atoms with Gasteiger partial charge in [0, 0.05) is 0 Å². The van der Waals surface area contributed by atoms with E-state index in [1.54, 1.807) is 0 Å². The zero-order chi connectivity index (χ0) is 19.2. The highest BCUT2D eigenvalue weighted by atomic mass is 19.2.